The van der Waals surface area contributed by atoms with Crippen LogP contribution in [0.25, 0.3) is 0 Å². The molecule has 0 aliphatic carbocycles. The highest BCUT2D eigenvalue weighted by atomic mass is 35.5. The molecule has 1 aliphatic heterocycles. The molecule has 0 spiro atoms. The van der Waals surface area contributed by atoms with Gasteiger partial charge in [-0.25, -0.2) is 0 Å². The molecule has 1 saturated heterocycles. The van der Waals surface area contributed by atoms with Gasteiger partial charge in [-0.15, -0.1) is 0 Å². The highest BCUT2D eigenvalue weighted by Crippen LogP contribution is 2.20. The van der Waals surface area contributed by atoms with Gasteiger partial charge in [-0.3, -0.25) is 25.2 Å². The number of piperidine rings is 1. The molecule has 1 fully saturated rings. The Hall–Kier alpha value is -3.78. The van der Waals surface area contributed by atoms with Crippen LogP contribution in [0.3, 0.4) is 0 Å². The van der Waals surface area contributed by atoms with E-state index in [1.807, 2.05) is 0 Å². The molecule has 34 heavy (non-hydrogen) atoms. The van der Waals surface area contributed by atoms with Gasteiger partial charge in [0.25, 0.3) is 11.8 Å². The van der Waals surface area contributed by atoms with Crippen LogP contribution in [-0.4, -0.2) is 35.7 Å². The molecule has 0 saturated carbocycles. The highest BCUT2D eigenvalue weighted by Gasteiger charge is 2.29. The van der Waals surface area contributed by atoms with Crippen LogP contribution in [0.5, 0.6) is 5.75 Å². The average molecular weight is 482 g/mol. The summed E-state index contributed by atoms with van der Waals surface area (Å²) in [6.45, 7) is 1.25. The van der Waals surface area contributed by atoms with E-state index in [1.165, 1.54) is 6.26 Å². The van der Waals surface area contributed by atoms with E-state index in [2.05, 4.69) is 10.9 Å². The van der Waals surface area contributed by atoms with Gasteiger partial charge in [0.15, 0.2) is 5.76 Å². The van der Waals surface area contributed by atoms with Gasteiger partial charge in [-0.05, 0) is 66.9 Å². The monoisotopic (exact) mass is 481 g/mol. The predicted molar refractivity (Wildman–Crippen MR) is 125 cm³/mol. The lowest BCUT2D eigenvalue weighted by Gasteiger charge is -2.30. The molecule has 4 rings (SSSR count). The first-order chi connectivity index (χ1) is 16.5. The molecular weight excluding hydrogens is 458 g/mol. The maximum absolute atomic E-state index is 12.5. The first kappa shape index (κ1) is 23.4. The minimum atomic E-state index is -0.413. The molecule has 2 heterocycles. The first-order valence-electron chi connectivity index (χ1n) is 10.9. The van der Waals surface area contributed by atoms with Crippen LogP contribution in [0.1, 0.15) is 39.3 Å². The van der Waals surface area contributed by atoms with Crippen molar-refractivity contribution in [3.8, 4) is 5.75 Å². The Morgan fingerprint density at radius 2 is 1.68 bits per heavy atom. The van der Waals surface area contributed by atoms with E-state index in [4.69, 9.17) is 20.8 Å². The summed E-state index contributed by atoms with van der Waals surface area (Å²) in [5.74, 6) is -0.161. The number of hydrogen-bond donors (Lipinski definition) is 2. The van der Waals surface area contributed by atoms with Gasteiger partial charge in [0.2, 0.25) is 5.91 Å². The molecule has 0 bridgehead atoms. The maximum atomic E-state index is 12.5. The second kappa shape index (κ2) is 10.9. The number of hydrogen-bond acceptors (Lipinski definition) is 5. The number of hydrazine groups is 1. The van der Waals surface area contributed by atoms with E-state index in [-0.39, 0.29) is 23.5 Å². The van der Waals surface area contributed by atoms with Crippen LogP contribution in [0.2, 0.25) is 5.02 Å². The predicted octanol–water partition coefficient (Wildman–Crippen LogP) is 3.83. The zero-order chi connectivity index (χ0) is 23.9. The zero-order valence-electron chi connectivity index (χ0n) is 18.3. The third-order valence-corrected chi connectivity index (χ3v) is 5.87. The van der Waals surface area contributed by atoms with Crippen LogP contribution < -0.4 is 15.6 Å². The molecular formula is C25H24ClN3O5. The summed E-state index contributed by atoms with van der Waals surface area (Å²) in [7, 11) is 0. The van der Waals surface area contributed by atoms with Crippen molar-refractivity contribution in [2.45, 2.75) is 19.4 Å². The zero-order valence-corrected chi connectivity index (χ0v) is 19.1. The fourth-order valence-corrected chi connectivity index (χ4v) is 3.77. The van der Waals surface area contributed by atoms with E-state index in [0.717, 1.165) is 5.56 Å². The summed E-state index contributed by atoms with van der Waals surface area (Å²) in [5.41, 5.74) is 6.26. The Kier molecular flexibility index (Phi) is 7.49. The lowest BCUT2D eigenvalue weighted by molar-refractivity contribution is -0.127. The summed E-state index contributed by atoms with van der Waals surface area (Å²) < 4.78 is 10.8. The minimum absolute atomic E-state index is 0.181. The molecule has 0 radical (unpaired) electrons. The van der Waals surface area contributed by atoms with Crippen LogP contribution in [-0.2, 0) is 11.4 Å². The van der Waals surface area contributed by atoms with Gasteiger partial charge >= 0.3 is 0 Å². The third-order valence-electron chi connectivity index (χ3n) is 5.62. The number of carbonyl (C=O) groups is 3. The topological polar surface area (TPSA) is 101 Å². The Labute approximate surface area is 201 Å². The normalized spacial score (nSPS) is 13.9. The Morgan fingerprint density at radius 3 is 2.32 bits per heavy atom. The molecule has 0 unspecified atom stereocenters. The molecule has 9 heteroatoms. The van der Waals surface area contributed by atoms with Crippen LogP contribution >= 0.6 is 11.6 Å². The van der Waals surface area contributed by atoms with E-state index in [0.29, 0.717) is 48.9 Å². The molecule has 1 aromatic heterocycles. The maximum Gasteiger partial charge on any atom is 0.289 e. The minimum Gasteiger partial charge on any atom is -0.489 e. The van der Waals surface area contributed by atoms with E-state index in [9.17, 15) is 14.4 Å². The number of likely N-dealkylation sites (tertiary alicyclic amines) is 1. The van der Waals surface area contributed by atoms with E-state index < -0.39 is 5.91 Å². The number of nitrogens with zero attached hydrogens (tertiary/aromatic N) is 1. The van der Waals surface area contributed by atoms with Gasteiger partial charge in [0.1, 0.15) is 12.4 Å². The van der Waals surface area contributed by atoms with Crippen molar-refractivity contribution in [1.82, 2.24) is 15.8 Å². The molecule has 3 amide bonds. The lowest BCUT2D eigenvalue weighted by atomic mass is 9.96. The Balaban J connectivity index is 1.20. The Morgan fingerprint density at radius 1 is 0.971 bits per heavy atom. The van der Waals surface area contributed by atoms with Crippen molar-refractivity contribution in [2.75, 3.05) is 13.1 Å². The number of benzene rings is 2. The molecule has 8 nitrogen and oxygen atoms in total. The molecule has 1 aliphatic rings. The SMILES string of the molecule is O=C(NNC(=O)C1CCN(C(=O)c2ccco2)CC1)c1ccc(COc2ccc(Cl)cc2)cc1. The largest absolute Gasteiger partial charge is 0.489 e. The Bertz CT molecular complexity index is 1120. The van der Waals surface area contributed by atoms with Crippen molar-refractivity contribution in [3.63, 3.8) is 0 Å². The lowest BCUT2D eigenvalue weighted by Crippen LogP contribution is -2.48. The molecule has 2 N–H and O–H groups in total. The number of nitrogens with one attached hydrogen (secondary N) is 2. The number of ether oxygens (including phenoxy) is 1. The summed E-state index contributed by atoms with van der Waals surface area (Å²) in [6.07, 6.45) is 2.48. The highest BCUT2D eigenvalue weighted by molar-refractivity contribution is 6.30. The fraction of sp³-hybridized carbons (Fsp3) is 0.240. The van der Waals surface area contributed by atoms with Gasteiger partial charge in [-0.2, -0.15) is 0 Å². The van der Waals surface area contributed by atoms with Gasteiger partial charge in [0, 0.05) is 29.6 Å². The van der Waals surface area contributed by atoms with Crippen LogP contribution in [0, 0.1) is 5.92 Å². The van der Waals surface area contributed by atoms with Gasteiger partial charge < -0.3 is 14.1 Å². The molecule has 176 valence electrons. The van der Waals surface area contributed by atoms with Gasteiger partial charge in [-0.1, -0.05) is 23.7 Å². The molecule has 2 aromatic carbocycles. The van der Waals surface area contributed by atoms with Crippen molar-refractivity contribution in [1.29, 1.82) is 0 Å². The second-order valence-corrected chi connectivity index (χ2v) is 8.36. The quantitative estimate of drug-likeness (QED) is 0.521. The number of furan rings is 1. The van der Waals surface area contributed by atoms with Crippen molar-refractivity contribution >= 4 is 29.3 Å². The van der Waals surface area contributed by atoms with Crippen molar-refractivity contribution in [2.24, 2.45) is 5.92 Å². The van der Waals surface area contributed by atoms with E-state index >= 15 is 0 Å². The third kappa shape index (κ3) is 5.96. The van der Waals surface area contributed by atoms with Crippen LogP contribution in [0.15, 0.2) is 71.3 Å². The molecule has 3 aromatic rings. The first-order valence-corrected chi connectivity index (χ1v) is 11.3. The number of amides is 3. The summed E-state index contributed by atoms with van der Waals surface area (Å²) in [6, 6.07) is 17.3. The summed E-state index contributed by atoms with van der Waals surface area (Å²) in [5, 5.41) is 0.639. The number of halogens is 1. The second-order valence-electron chi connectivity index (χ2n) is 7.93. The van der Waals surface area contributed by atoms with Crippen LogP contribution in [0.4, 0.5) is 0 Å². The van der Waals surface area contributed by atoms with E-state index in [1.54, 1.807) is 65.6 Å². The smallest absolute Gasteiger partial charge is 0.289 e. The molecule has 0 atom stereocenters. The average Bonchev–Trinajstić information content (AvgIpc) is 3.42. The summed E-state index contributed by atoms with van der Waals surface area (Å²) >= 11 is 5.86. The van der Waals surface area contributed by atoms with Crippen molar-refractivity contribution in [3.05, 3.63) is 88.8 Å². The summed E-state index contributed by atoms with van der Waals surface area (Å²) in [4.78, 5) is 38.8. The van der Waals surface area contributed by atoms with Gasteiger partial charge in [0.05, 0.1) is 6.26 Å². The standard InChI is InChI=1S/C25H24ClN3O5/c26-20-7-9-21(10-8-20)34-16-17-3-5-18(6-4-17)23(30)27-28-24(31)19-11-13-29(14-12-19)25(32)22-2-1-15-33-22/h1-10,15,19H,11-14,16H2,(H,27,30)(H,28,31). The number of rotatable bonds is 6. The fourth-order valence-electron chi connectivity index (χ4n) is 3.64. The number of carbonyl (C=O) groups excluding carboxylic acids is 3. The van der Waals surface area contributed by atoms with Crippen molar-refractivity contribution < 1.29 is 23.5 Å².